The summed E-state index contributed by atoms with van der Waals surface area (Å²) in [6.45, 7) is 7.86. The van der Waals surface area contributed by atoms with Gasteiger partial charge < -0.3 is 26.2 Å². The molecule has 214 valence electrons. The molecule has 0 aliphatic rings. The van der Waals surface area contributed by atoms with Crippen LogP contribution in [0.15, 0.2) is 60.7 Å². The molecule has 9 heteroatoms. The van der Waals surface area contributed by atoms with Gasteiger partial charge in [-0.05, 0) is 53.8 Å². The maximum atomic E-state index is 13.8. The van der Waals surface area contributed by atoms with Crippen molar-refractivity contribution in [1.29, 1.82) is 0 Å². The summed E-state index contributed by atoms with van der Waals surface area (Å²) in [7, 11) is 0. The lowest BCUT2D eigenvalue weighted by Gasteiger charge is -2.25. The normalized spacial score (nSPS) is 13.0. The molecule has 0 radical (unpaired) electrons. The Morgan fingerprint density at radius 2 is 1.60 bits per heavy atom. The third-order valence-electron chi connectivity index (χ3n) is 6.42. The van der Waals surface area contributed by atoms with Gasteiger partial charge in [0.25, 0.3) is 5.91 Å². The van der Waals surface area contributed by atoms with E-state index in [0.29, 0.717) is 12.2 Å². The van der Waals surface area contributed by atoms with Gasteiger partial charge in [0.1, 0.15) is 17.4 Å². The lowest BCUT2D eigenvalue weighted by atomic mass is 9.95. The van der Waals surface area contributed by atoms with Gasteiger partial charge >= 0.3 is 0 Å². The number of aliphatic hydroxyl groups excluding tert-OH is 1. The number of nitrogens with one attached hydrogen (secondary N) is 3. The van der Waals surface area contributed by atoms with Crippen molar-refractivity contribution in [3.05, 3.63) is 94.6 Å². The molecule has 5 N–H and O–H groups in total. The summed E-state index contributed by atoms with van der Waals surface area (Å²) in [5.41, 5.74) is 2.04. The fourth-order valence-corrected chi connectivity index (χ4v) is 4.10. The molecule has 2 amide bonds. The summed E-state index contributed by atoms with van der Waals surface area (Å²) in [5, 5.41) is 30.1. The zero-order chi connectivity index (χ0) is 29.4. The van der Waals surface area contributed by atoms with Crippen LogP contribution in [0.5, 0.6) is 5.75 Å². The van der Waals surface area contributed by atoms with E-state index < -0.39 is 35.1 Å². The third kappa shape index (κ3) is 8.86. The number of aliphatic hydroxyl groups is 1. The van der Waals surface area contributed by atoms with E-state index in [2.05, 4.69) is 28.9 Å². The fourth-order valence-electron chi connectivity index (χ4n) is 4.10. The fraction of sp³-hybridized carbons (Fsp3) is 0.355. The minimum Gasteiger partial charge on any atom is -0.507 e. The van der Waals surface area contributed by atoms with Crippen molar-refractivity contribution in [3.8, 4) is 5.75 Å². The number of carbonyl (C=O) groups excluding carboxylic acids is 2. The van der Waals surface area contributed by atoms with Crippen LogP contribution >= 0.6 is 0 Å². The number of hydrogen-bond acceptors (Lipinski definition) is 5. The molecular weight excluding hydrogens is 516 g/mol. The molecule has 0 saturated heterocycles. The van der Waals surface area contributed by atoms with Crippen molar-refractivity contribution in [1.82, 2.24) is 10.6 Å². The van der Waals surface area contributed by atoms with Gasteiger partial charge in [0.2, 0.25) is 5.91 Å². The van der Waals surface area contributed by atoms with Crippen LogP contribution in [-0.2, 0) is 24.2 Å². The van der Waals surface area contributed by atoms with Gasteiger partial charge in [-0.2, -0.15) is 0 Å². The molecule has 7 nitrogen and oxygen atoms in total. The van der Waals surface area contributed by atoms with Crippen LogP contribution < -0.4 is 16.0 Å². The number of hydrogen-bond donors (Lipinski definition) is 5. The number of halogens is 2. The summed E-state index contributed by atoms with van der Waals surface area (Å²) in [5.74, 6) is -2.86. The highest BCUT2D eigenvalue weighted by Gasteiger charge is 2.25. The van der Waals surface area contributed by atoms with Gasteiger partial charge in [-0.3, -0.25) is 9.59 Å². The molecule has 0 aromatic heterocycles. The van der Waals surface area contributed by atoms with E-state index in [1.807, 2.05) is 18.2 Å². The predicted molar refractivity (Wildman–Crippen MR) is 151 cm³/mol. The molecule has 2 atom stereocenters. The highest BCUT2D eigenvalue weighted by molar-refractivity contribution is 5.99. The van der Waals surface area contributed by atoms with Crippen molar-refractivity contribution >= 4 is 17.5 Å². The van der Waals surface area contributed by atoms with Crippen molar-refractivity contribution < 1.29 is 28.6 Å². The van der Waals surface area contributed by atoms with Crippen molar-refractivity contribution in [3.63, 3.8) is 0 Å². The first-order valence-electron chi connectivity index (χ1n) is 13.2. The molecule has 0 fully saturated rings. The third-order valence-corrected chi connectivity index (χ3v) is 6.42. The zero-order valence-corrected chi connectivity index (χ0v) is 23.2. The number of rotatable bonds is 11. The van der Waals surface area contributed by atoms with E-state index >= 15 is 0 Å². The average Bonchev–Trinajstić information content (AvgIpc) is 2.87. The standard InChI is InChI=1S/C31H37F2N3O4/c1-5-19-7-6-8-20(11-19)17-34-18-28(38)26(14-21-12-22(32)15-23(33)13-21)36-29(39)25-10-9-24(16-27(25)37)35-30(40)31(2,3)4/h6-13,15-16,26,28,34,37-38H,5,14,17-18H2,1-4H3,(H,35,40)(H,36,39). The first-order chi connectivity index (χ1) is 18.8. The van der Waals surface area contributed by atoms with Crippen LogP contribution in [0.2, 0.25) is 0 Å². The Hall–Kier alpha value is -3.82. The van der Waals surface area contributed by atoms with Gasteiger partial charge in [-0.1, -0.05) is 52.0 Å². The molecule has 0 aliphatic carbocycles. The second-order valence-electron chi connectivity index (χ2n) is 10.9. The van der Waals surface area contributed by atoms with Crippen molar-refractivity contribution in [2.45, 2.75) is 59.2 Å². The van der Waals surface area contributed by atoms with Crippen molar-refractivity contribution in [2.24, 2.45) is 5.41 Å². The number of aryl methyl sites for hydroxylation is 1. The van der Waals surface area contributed by atoms with E-state index in [0.717, 1.165) is 30.2 Å². The van der Waals surface area contributed by atoms with E-state index in [1.54, 1.807) is 20.8 Å². The van der Waals surface area contributed by atoms with Crippen LogP contribution in [0, 0.1) is 17.0 Å². The molecule has 0 heterocycles. The zero-order valence-electron chi connectivity index (χ0n) is 23.2. The molecule has 3 aromatic carbocycles. The molecule has 0 spiro atoms. The van der Waals surface area contributed by atoms with E-state index in [9.17, 15) is 28.6 Å². The number of amides is 2. The maximum absolute atomic E-state index is 13.8. The maximum Gasteiger partial charge on any atom is 0.255 e. The van der Waals surface area contributed by atoms with Gasteiger partial charge in [0.15, 0.2) is 0 Å². The number of aromatic hydroxyl groups is 1. The molecule has 0 aliphatic heterocycles. The summed E-state index contributed by atoms with van der Waals surface area (Å²) in [6.07, 6.45) is -0.294. The molecular formula is C31H37F2N3O4. The smallest absolute Gasteiger partial charge is 0.255 e. The van der Waals surface area contributed by atoms with Crippen LogP contribution in [0.4, 0.5) is 14.5 Å². The van der Waals surface area contributed by atoms with E-state index in [1.165, 1.54) is 23.8 Å². The van der Waals surface area contributed by atoms with Gasteiger partial charge in [-0.15, -0.1) is 0 Å². The first kappa shape index (κ1) is 30.7. The Kier molecular flexibility index (Phi) is 10.4. The van der Waals surface area contributed by atoms with Crippen molar-refractivity contribution in [2.75, 3.05) is 11.9 Å². The number of anilines is 1. The van der Waals surface area contributed by atoms with Gasteiger partial charge in [0, 0.05) is 36.3 Å². The second-order valence-corrected chi connectivity index (χ2v) is 10.9. The minimum absolute atomic E-state index is 0.0604. The van der Waals surface area contributed by atoms with E-state index in [-0.39, 0.29) is 35.7 Å². The number of carbonyl (C=O) groups is 2. The Bertz CT molecular complexity index is 1320. The molecule has 40 heavy (non-hydrogen) atoms. The van der Waals surface area contributed by atoms with Crippen LogP contribution in [0.3, 0.4) is 0 Å². The van der Waals surface area contributed by atoms with Gasteiger partial charge in [-0.25, -0.2) is 8.78 Å². The minimum atomic E-state index is -1.13. The molecule has 3 aromatic rings. The molecule has 2 unspecified atom stereocenters. The molecule has 0 saturated carbocycles. The Balaban J connectivity index is 1.75. The largest absolute Gasteiger partial charge is 0.507 e. The highest BCUT2D eigenvalue weighted by atomic mass is 19.1. The second kappa shape index (κ2) is 13.5. The Morgan fingerprint density at radius 3 is 2.23 bits per heavy atom. The molecule has 3 rings (SSSR count). The van der Waals surface area contributed by atoms with Crippen LogP contribution in [0.1, 0.15) is 54.7 Å². The number of benzene rings is 3. The topological polar surface area (TPSA) is 111 Å². The number of phenolic OH excluding ortho intramolecular Hbond substituents is 1. The summed E-state index contributed by atoms with van der Waals surface area (Å²) < 4.78 is 27.7. The van der Waals surface area contributed by atoms with E-state index in [4.69, 9.17) is 0 Å². The highest BCUT2D eigenvalue weighted by Crippen LogP contribution is 2.24. The number of phenols is 1. The first-order valence-corrected chi connectivity index (χ1v) is 13.2. The quantitative estimate of drug-likeness (QED) is 0.236. The molecule has 0 bridgehead atoms. The summed E-state index contributed by atoms with van der Waals surface area (Å²) in [6, 6.07) is 14.2. The monoisotopic (exact) mass is 553 g/mol. The Labute approximate surface area is 233 Å². The predicted octanol–water partition coefficient (Wildman–Crippen LogP) is 4.71. The van der Waals surface area contributed by atoms with Crippen LogP contribution in [0.25, 0.3) is 0 Å². The lowest BCUT2D eigenvalue weighted by molar-refractivity contribution is -0.123. The SMILES string of the molecule is CCc1cccc(CNCC(O)C(Cc2cc(F)cc(F)c2)NC(=O)c2ccc(NC(=O)C(C)(C)C)cc2O)c1. The van der Waals surface area contributed by atoms with Gasteiger partial charge in [0.05, 0.1) is 17.7 Å². The average molecular weight is 554 g/mol. The summed E-state index contributed by atoms with van der Waals surface area (Å²) >= 11 is 0. The lowest BCUT2D eigenvalue weighted by Crippen LogP contribution is -2.48. The van der Waals surface area contributed by atoms with Crippen LogP contribution in [-0.4, -0.2) is 40.7 Å². The Morgan fingerprint density at radius 1 is 0.925 bits per heavy atom. The summed E-state index contributed by atoms with van der Waals surface area (Å²) in [4.78, 5) is 25.4.